The summed E-state index contributed by atoms with van der Waals surface area (Å²) in [4.78, 5) is 0. The topological polar surface area (TPSA) is 39.7 Å². The SMILES string of the molecule is COc1cc(OC)c(OC)c2c1CCN2. The van der Waals surface area contributed by atoms with Gasteiger partial charge in [-0.1, -0.05) is 0 Å². The van der Waals surface area contributed by atoms with Crippen LogP contribution in [0.3, 0.4) is 0 Å². The van der Waals surface area contributed by atoms with Crippen LogP contribution < -0.4 is 19.5 Å². The molecule has 15 heavy (non-hydrogen) atoms. The highest BCUT2D eigenvalue weighted by Gasteiger charge is 2.23. The molecule has 4 heteroatoms. The molecule has 0 aromatic heterocycles. The number of anilines is 1. The molecule has 82 valence electrons. The quantitative estimate of drug-likeness (QED) is 0.822. The normalized spacial score (nSPS) is 13.0. The van der Waals surface area contributed by atoms with Crippen LogP contribution in [0.2, 0.25) is 0 Å². The van der Waals surface area contributed by atoms with Crippen molar-refractivity contribution in [1.82, 2.24) is 0 Å². The number of benzene rings is 1. The molecule has 0 fully saturated rings. The van der Waals surface area contributed by atoms with E-state index in [2.05, 4.69) is 5.32 Å². The molecule has 0 bridgehead atoms. The molecule has 1 aliphatic rings. The van der Waals surface area contributed by atoms with Crippen molar-refractivity contribution in [2.45, 2.75) is 6.42 Å². The van der Waals surface area contributed by atoms with Crippen LogP contribution in [0, 0.1) is 0 Å². The molecule has 0 radical (unpaired) electrons. The maximum absolute atomic E-state index is 5.34. The fourth-order valence-corrected chi connectivity index (χ4v) is 1.94. The van der Waals surface area contributed by atoms with E-state index in [0.29, 0.717) is 5.75 Å². The zero-order chi connectivity index (χ0) is 10.8. The van der Waals surface area contributed by atoms with Crippen molar-refractivity contribution in [1.29, 1.82) is 0 Å². The number of hydrogen-bond acceptors (Lipinski definition) is 4. The molecular weight excluding hydrogens is 194 g/mol. The lowest BCUT2D eigenvalue weighted by Gasteiger charge is -2.15. The first kappa shape index (κ1) is 9.96. The van der Waals surface area contributed by atoms with E-state index in [1.54, 1.807) is 21.3 Å². The summed E-state index contributed by atoms with van der Waals surface area (Å²) in [5, 5.41) is 3.28. The molecule has 0 spiro atoms. The first-order chi connectivity index (χ1) is 7.31. The van der Waals surface area contributed by atoms with Crippen LogP contribution in [0.4, 0.5) is 5.69 Å². The van der Waals surface area contributed by atoms with Crippen molar-refractivity contribution in [3.8, 4) is 17.2 Å². The van der Waals surface area contributed by atoms with Crippen molar-refractivity contribution in [2.24, 2.45) is 0 Å². The third-order valence-electron chi connectivity index (χ3n) is 2.63. The van der Waals surface area contributed by atoms with Gasteiger partial charge in [-0.25, -0.2) is 0 Å². The molecule has 1 aliphatic heterocycles. The van der Waals surface area contributed by atoms with Crippen molar-refractivity contribution in [2.75, 3.05) is 33.2 Å². The fraction of sp³-hybridized carbons (Fsp3) is 0.455. The monoisotopic (exact) mass is 209 g/mol. The zero-order valence-electron chi connectivity index (χ0n) is 9.22. The van der Waals surface area contributed by atoms with Gasteiger partial charge in [-0.2, -0.15) is 0 Å². The Kier molecular flexibility index (Phi) is 2.58. The summed E-state index contributed by atoms with van der Waals surface area (Å²) in [5.41, 5.74) is 2.16. The van der Waals surface area contributed by atoms with Crippen molar-refractivity contribution < 1.29 is 14.2 Å². The van der Waals surface area contributed by atoms with Gasteiger partial charge in [0, 0.05) is 18.2 Å². The lowest BCUT2D eigenvalue weighted by molar-refractivity contribution is 0.350. The van der Waals surface area contributed by atoms with Gasteiger partial charge in [0.1, 0.15) is 5.75 Å². The molecule has 0 unspecified atom stereocenters. The Morgan fingerprint density at radius 1 is 1.07 bits per heavy atom. The third kappa shape index (κ3) is 1.46. The first-order valence-electron chi connectivity index (χ1n) is 4.87. The highest BCUT2D eigenvalue weighted by atomic mass is 16.5. The van der Waals surface area contributed by atoms with Gasteiger partial charge in [-0.05, 0) is 6.42 Å². The molecular formula is C11H15NO3. The number of nitrogens with one attached hydrogen (secondary N) is 1. The predicted octanol–water partition coefficient (Wildman–Crippen LogP) is 1.68. The van der Waals surface area contributed by atoms with Gasteiger partial charge in [-0.15, -0.1) is 0 Å². The van der Waals surface area contributed by atoms with Gasteiger partial charge in [0.2, 0.25) is 0 Å². The second-order valence-corrected chi connectivity index (χ2v) is 3.34. The highest BCUT2D eigenvalue weighted by molar-refractivity contribution is 5.74. The molecule has 1 heterocycles. The predicted molar refractivity (Wildman–Crippen MR) is 58.3 cm³/mol. The summed E-state index contributed by atoms with van der Waals surface area (Å²) in [7, 11) is 4.93. The summed E-state index contributed by atoms with van der Waals surface area (Å²) >= 11 is 0. The van der Waals surface area contributed by atoms with Crippen molar-refractivity contribution >= 4 is 5.69 Å². The van der Waals surface area contributed by atoms with Gasteiger partial charge < -0.3 is 19.5 Å². The van der Waals surface area contributed by atoms with Crippen LogP contribution >= 0.6 is 0 Å². The largest absolute Gasteiger partial charge is 0.496 e. The Morgan fingerprint density at radius 2 is 1.80 bits per heavy atom. The summed E-state index contributed by atoms with van der Waals surface area (Å²) in [6.07, 6.45) is 0.957. The molecule has 2 rings (SSSR count). The van der Waals surface area contributed by atoms with E-state index in [1.165, 1.54) is 0 Å². The van der Waals surface area contributed by atoms with Crippen LogP contribution in [0.15, 0.2) is 6.07 Å². The van der Waals surface area contributed by atoms with Crippen molar-refractivity contribution in [3.63, 3.8) is 0 Å². The zero-order valence-corrected chi connectivity index (χ0v) is 9.22. The number of rotatable bonds is 3. The standard InChI is InChI=1S/C11H15NO3/c1-13-8-6-9(14-2)11(15-3)10-7(8)4-5-12-10/h6,12H,4-5H2,1-3H3. The highest BCUT2D eigenvalue weighted by Crippen LogP contribution is 2.45. The van der Waals surface area contributed by atoms with Gasteiger partial charge in [-0.3, -0.25) is 0 Å². The van der Waals surface area contributed by atoms with Crippen LogP contribution in [-0.4, -0.2) is 27.9 Å². The Morgan fingerprint density at radius 3 is 2.40 bits per heavy atom. The van der Waals surface area contributed by atoms with E-state index in [-0.39, 0.29) is 0 Å². The van der Waals surface area contributed by atoms with E-state index in [9.17, 15) is 0 Å². The Hall–Kier alpha value is -1.58. The van der Waals surface area contributed by atoms with Gasteiger partial charge in [0.25, 0.3) is 0 Å². The number of methoxy groups -OCH3 is 3. The molecule has 0 saturated carbocycles. The lowest BCUT2D eigenvalue weighted by atomic mass is 10.1. The minimum Gasteiger partial charge on any atom is -0.496 e. The molecule has 0 saturated heterocycles. The average Bonchev–Trinajstić information content (AvgIpc) is 2.75. The smallest absolute Gasteiger partial charge is 0.184 e. The third-order valence-corrected chi connectivity index (χ3v) is 2.63. The fourth-order valence-electron chi connectivity index (χ4n) is 1.94. The summed E-state index contributed by atoms with van der Waals surface area (Å²) < 4.78 is 15.9. The Labute approximate surface area is 89.1 Å². The second-order valence-electron chi connectivity index (χ2n) is 3.34. The molecule has 4 nitrogen and oxygen atoms in total. The van der Waals surface area contributed by atoms with Crippen LogP contribution in [-0.2, 0) is 6.42 Å². The van der Waals surface area contributed by atoms with Gasteiger partial charge in [0.15, 0.2) is 11.5 Å². The van der Waals surface area contributed by atoms with Crippen LogP contribution in [0.1, 0.15) is 5.56 Å². The van der Waals surface area contributed by atoms with Crippen molar-refractivity contribution in [3.05, 3.63) is 11.6 Å². The van der Waals surface area contributed by atoms with E-state index < -0.39 is 0 Å². The Bertz CT molecular complexity index is 377. The van der Waals surface area contributed by atoms with Gasteiger partial charge >= 0.3 is 0 Å². The van der Waals surface area contributed by atoms with E-state index >= 15 is 0 Å². The molecule has 0 atom stereocenters. The molecule has 1 aromatic carbocycles. The lowest BCUT2D eigenvalue weighted by Crippen LogP contribution is -1.98. The Balaban J connectivity index is 2.60. The summed E-state index contributed by atoms with van der Waals surface area (Å²) in [5.74, 6) is 2.31. The van der Waals surface area contributed by atoms with E-state index in [1.807, 2.05) is 6.07 Å². The van der Waals surface area contributed by atoms with E-state index in [4.69, 9.17) is 14.2 Å². The molecule has 1 aromatic rings. The average molecular weight is 209 g/mol. The summed E-state index contributed by atoms with van der Waals surface area (Å²) in [6.45, 7) is 0.912. The first-order valence-corrected chi connectivity index (χ1v) is 4.87. The molecule has 0 amide bonds. The maximum atomic E-state index is 5.34. The number of hydrogen-bond donors (Lipinski definition) is 1. The number of ether oxygens (including phenoxy) is 3. The molecule has 1 N–H and O–H groups in total. The van der Waals surface area contributed by atoms with Crippen LogP contribution in [0.5, 0.6) is 17.2 Å². The summed E-state index contributed by atoms with van der Waals surface area (Å²) in [6, 6.07) is 1.87. The minimum absolute atomic E-state index is 0.697. The maximum Gasteiger partial charge on any atom is 0.184 e. The molecule has 0 aliphatic carbocycles. The number of fused-ring (bicyclic) bond motifs is 1. The van der Waals surface area contributed by atoms with Gasteiger partial charge in [0.05, 0.1) is 27.0 Å². The van der Waals surface area contributed by atoms with E-state index in [0.717, 1.165) is 35.7 Å². The van der Waals surface area contributed by atoms with Crippen LogP contribution in [0.25, 0.3) is 0 Å². The second kappa shape index (κ2) is 3.88. The minimum atomic E-state index is 0.697.